The van der Waals surface area contributed by atoms with Crippen molar-refractivity contribution in [3.8, 4) is 5.75 Å². The zero-order valence-electron chi connectivity index (χ0n) is 27.5. The highest BCUT2D eigenvalue weighted by molar-refractivity contribution is 5.89. The number of carbonyl (C=O) groups is 2. The number of para-hydroxylation sites is 1. The molecule has 0 radical (unpaired) electrons. The summed E-state index contributed by atoms with van der Waals surface area (Å²) in [4.78, 5) is 23.6. The Morgan fingerprint density at radius 2 is 0.979 bits per heavy atom. The number of benzene rings is 3. The van der Waals surface area contributed by atoms with E-state index in [0.29, 0.717) is 41.4 Å². The van der Waals surface area contributed by atoms with Crippen LogP contribution in [0.4, 0.5) is 0 Å². The molecule has 248 valence electrons. The second-order valence-corrected chi connectivity index (χ2v) is 14.3. The van der Waals surface area contributed by atoms with Crippen LogP contribution in [0.1, 0.15) is 59.2 Å². The van der Waals surface area contributed by atoms with Crippen LogP contribution in [-0.4, -0.2) is 31.3 Å². The van der Waals surface area contributed by atoms with Crippen molar-refractivity contribution in [2.24, 2.45) is 47.3 Å². The molecule has 6 aliphatic carbocycles. The lowest BCUT2D eigenvalue weighted by Crippen LogP contribution is -2.22. The van der Waals surface area contributed by atoms with E-state index in [1.54, 1.807) is 24.3 Å². The molecule has 3 fully saturated rings. The summed E-state index contributed by atoms with van der Waals surface area (Å²) in [5, 5.41) is 0. The van der Waals surface area contributed by atoms with E-state index in [1.165, 1.54) is 25.7 Å². The van der Waals surface area contributed by atoms with E-state index in [9.17, 15) is 9.59 Å². The maximum Gasteiger partial charge on any atom is 0.338 e. The van der Waals surface area contributed by atoms with Crippen molar-refractivity contribution in [1.29, 1.82) is 0 Å². The van der Waals surface area contributed by atoms with Crippen molar-refractivity contribution in [2.45, 2.75) is 44.6 Å². The highest BCUT2D eigenvalue weighted by atomic mass is 16.5. The number of carbonyl (C=O) groups excluding carboxylic acids is 2. The quantitative estimate of drug-likeness (QED) is 0.181. The number of esters is 2. The van der Waals surface area contributed by atoms with Gasteiger partial charge in [0.1, 0.15) is 11.9 Å². The number of allylic oxidation sites excluding steroid dienone is 5. The van der Waals surface area contributed by atoms with Gasteiger partial charge in [0, 0.05) is 5.92 Å². The van der Waals surface area contributed by atoms with Crippen molar-refractivity contribution < 1.29 is 23.8 Å². The fraction of sp³-hybridized carbons (Fsp3) is 0.395. The number of rotatable bonds is 8. The third-order valence-corrected chi connectivity index (χ3v) is 11.0. The van der Waals surface area contributed by atoms with Gasteiger partial charge < -0.3 is 14.2 Å². The summed E-state index contributed by atoms with van der Waals surface area (Å²) in [6.07, 6.45) is 21.2. The Morgan fingerprint density at radius 3 is 1.46 bits per heavy atom. The van der Waals surface area contributed by atoms with Crippen molar-refractivity contribution in [3.63, 3.8) is 0 Å². The van der Waals surface area contributed by atoms with Gasteiger partial charge in [-0.3, -0.25) is 0 Å². The van der Waals surface area contributed by atoms with Crippen LogP contribution in [0.5, 0.6) is 5.75 Å². The number of hydrogen-bond donors (Lipinski definition) is 0. The van der Waals surface area contributed by atoms with E-state index in [1.807, 2.05) is 66.7 Å². The fourth-order valence-electron chi connectivity index (χ4n) is 8.38. The lowest BCUT2D eigenvalue weighted by molar-refractivity contribution is 0.0242. The minimum Gasteiger partial charge on any atom is -0.493 e. The van der Waals surface area contributed by atoms with Gasteiger partial charge in [0.25, 0.3) is 0 Å². The first-order valence-corrected chi connectivity index (χ1v) is 17.8. The predicted molar refractivity (Wildman–Crippen MR) is 187 cm³/mol. The largest absolute Gasteiger partial charge is 0.493 e. The summed E-state index contributed by atoms with van der Waals surface area (Å²) >= 11 is 0. The van der Waals surface area contributed by atoms with Crippen molar-refractivity contribution in [2.75, 3.05) is 13.2 Å². The molecule has 0 aliphatic heterocycles. The Hall–Kier alpha value is -4.38. The van der Waals surface area contributed by atoms with Gasteiger partial charge in [0.2, 0.25) is 0 Å². The van der Waals surface area contributed by atoms with Gasteiger partial charge in [-0.1, -0.05) is 91.1 Å². The van der Waals surface area contributed by atoms with Gasteiger partial charge in [-0.25, -0.2) is 9.59 Å². The van der Waals surface area contributed by atoms with Crippen LogP contribution < -0.4 is 4.74 Å². The van der Waals surface area contributed by atoms with Gasteiger partial charge in [-0.15, -0.1) is 0 Å². The first kappa shape index (κ1) is 32.2. The highest BCUT2D eigenvalue weighted by Gasteiger charge is 2.39. The summed E-state index contributed by atoms with van der Waals surface area (Å²) in [7, 11) is 0. The second-order valence-electron chi connectivity index (χ2n) is 14.3. The van der Waals surface area contributed by atoms with Crippen molar-refractivity contribution >= 4 is 11.9 Å². The van der Waals surface area contributed by atoms with Crippen LogP contribution in [0, 0.1) is 47.3 Å². The van der Waals surface area contributed by atoms with Crippen LogP contribution in [0.25, 0.3) is 0 Å². The lowest BCUT2D eigenvalue weighted by Gasteiger charge is -2.18. The van der Waals surface area contributed by atoms with Gasteiger partial charge >= 0.3 is 11.9 Å². The molecular weight excluding hydrogens is 596 g/mol. The standard InChI is InChI=1S/C15H16O2.C14H14O2.C14H16O/c16-15(12-4-2-1-3-5-12)17-10-14-9-11-6-7-13(14)8-11;15-14(11-4-2-1-3-5-11)16-13-9-10-6-7-12(13)8-10;1-2-4-14(5-3-1)15-10-13-9-11-6-7-12(13)8-11/h1-7,11,13-14H,8-10H2;1-7,10,12-13H,8-9H2;1-7,11-13H,8-10H2. The molecule has 0 saturated heterocycles. The summed E-state index contributed by atoms with van der Waals surface area (Å²) in [5.74, 6) is 6.02. The molecule has 0 N–H and O–H groups in total. The van der Waals surface area contributed by atoms with Crippen LogP contribution >= 0.6 is 0 Å². The summed E-state index contributed by atoms with van der Waals surface area (Å²) in [6, 6.07) is 28.5. The average Bonchev–Trinajstić information content (AvgIpc) is 4.01. The summed E-state index contributed by atoms with van der Waals surface area (Å²) in [6.45, 7) is 1.45. The van der Waals surface area contributed by atoms with Crippen LogP contribution in [0.3, 0.4) is 0 Å². The normalized spacial score (nSPS) is 30.7. The molecule has 5 heteroatoms. The van der Waals surface area contributed by atoms with Crippen LogP contribution in [-0.2, 0) is 9.47 Å². The highest BCUT2D eigenvalue weighted by Crippen LogP contribution is 2.44. The topological polar surface area (TPSA) is 61.8 Å². The van der Waals surface area contributed by atoms with Crippen molar-refractivity contribution in [1.82, 2.24) is 0 Å². The van der Waals surface area contributed by atoms with E-state index in [-0.39, 0.29) is 18.0 Å². The third kappa shape index (κ3) is 8.01. The lowest BCUT2D eigenvalue weighted by atomic mass is 9.95. The zero-order chi connectivity index (χ0) is 32.7. The molecule has 6 bridgehead atoms. The molecule has 0 amide bonds. The number of hydrogen-bond acceptors (Lipinski definition) is 5. The zero-order valence-corrected chi connectivity index (χ0v) is 27.5. The Bertz CT molecular complexity index is 1600. The minimum atomic E-state index is -0.197. The van der Waals surface area contributed by atoms with E-state index in [0.717, 1.165) is 48.9 Å². The van der Waals surface area contributed by atoms with Gasteiger partial charge in [-0.05, 0) is 116 Å². The van der Waals surface area contributed by atoms with Gasteiger partial charge in [0.05, 0.1) is 24.3 Å². The fourth-order valence-corrected chi connectivity index (χ4v) is 8.38. The minimum absolute atomic E-state index is 0.0997. The molecule has 3 saturated carbocycles. The van der Waals surface area contributed by atoms with Gasteiger partial charge in [0.15, 0.2) is 0 Å². The Balaban J connectivity index is 0.000000114. The molecule has 3 aromatic rings. The molecule has 3 aromatic carbocycles. The molecule has 48 heavy (non-hydrogen) atoms. The maximum absolute atomic E-state index is 11.8. The van der Waals surface area contributed by atoms with Crippen LogP contribution in [0.2, 0.25) is 0 Å². The predicted octanol–water partition coefficient (Wildman–Crippen LogP) is 9.14. The summed E-state index contributed by atoms with van der Waals surface area (Å²) in [5.41, 5.74) is 1.29. The number of ether oxygens (including phenoxy) is 3. The molecule has 6 aliphatic rings. The van der Waals surface area contributed by atoms with E-state index in [2.05, 4.69) is 36.5 Å². The smallest absolute Gasteiger partial charge is 0.338 e. The van der Waals surface area contributed by atoms with E-state index < -0.39 is 0 Å². The molecule has 9 atom stereocenters. The van der Waals surface area contributed by atoms with Crippen molar-refractivity contribution in [3.05, 3.63) is 139 Å². The molecular formula is C43H46O5. The first-order chi connectivity index (χ1) is 23.6. The molecule has 9 unspecified atom stereocenters. The Kier molecular flexibility index (Phi) is 10.2. The first-order valence-electron chi connectivity index (χ1n) is 17.8. The molecule has 0 spiro atoms. The van der Waals surface area contributed by atoms with Gasteiger partial charge in [-0.2, -0.15) is 0 Å². The maximum atomic E-state index is 11.8. The molecule has 5 nitrogen and oxygen atoms in total. The second kappa shape index (κ2) is 15.2. The third-order valence-electron chi connectivity index (χ3n) is 11.0. The monoisotopic (exact) mass is 642 g/mol. The summed E-state index contributed by atoms with van der Waals surface area (Å²) < 4.78 is 16.7. The molecule has 0 heterocycles. The van der Waals surface area contributed by atoms with E-state index >= 15 is 0 Å². The SMILES string of the molecule is C1=CC2CC1CC2COc1ccccc1.O=C(OC1CC2C=CC1C2)c1ccccc1.O=C(OCC1CC2C=CC1C2)c1ccccc1. The van der Waals surface area contributed by atoms with Crippen LogP contribution in [0.15, 0.2) is 127 Å². The Labute approximate surface area is 284 Å². The van der Waals surface area contributed by atoms with E-state index in [4.69, 9.17) is 14.2 Å². The average molecular weight is 643 g/mol. The Morgan fingerprint density at radius 1 is 0.500 bits per heavy atom. The number of fused-ring (bicyclic) bond motifs is 6. The molecule has 9 rings (SSSR count). The molecule has 0 aromatic heterocycles.